The number of aromatic nitrogens is 6. The molecular formula is C22H20N8. The van der Waals surface area contributed by atoms with Gasteiger partial charge in [-0.15, -0.1) is 10.2 Å². The Morgan fingerprint density at radius 3 is 2.57 bits per heavy atom. The number of hydrogen-bond donors (Lipinski definition) is 0. The maximum Gasteiger partial charge on any atom is 0.142 e. The summed E-state index contributed by atoms with van der Waals surface area (Å²) < 4.78 is 2.13. The van der Waals surface area contributed by atoms with Crippen molar-refractivity contribution in [3.63, 3.8) is 0 Å². The fourth-order valence-electron chi connectivity index (χ4n) is 3.98. The molecule has 0 saturated carbocycles. The van der Waals surface area contributed by atoms with Gasteiger partial charge in [0.1, 0.15) is 17.3 Å². The minimum absolute atomic E-state index is 0.161. The standard InChI is InChI=1S/C22H20N8/c1-14-13-29(18-7-4-16(11-23)5-8-18)21-10-17(19-12-24-28(3)27-19)6-9-20(21)30-15(2)25-26-22(14)30/h4-10,12,14H,13H2,1-3H3/t14-/m0/s1. The van der Waals surface area contributed by atoms with Gasteiger partial charge in [0.25, 0.3) is 0 Å². The number of hydrogen-bond acceptors (Lipinski definition) is 6. The molecule has 2 aromatic heterocycles. The fraction of sp³-hybridized carbons (Fsp3) is 0.227. The van der Waals surface area contributed by atoms with Gasteiger partial charge in [0.15, 0.2) is 0 Å². The van der Waals surface area contributed by atoms with Crippen molar-refractivity contribution in [1.82, 2.24) is 29.8 Å². The zero-order valence-electron chi connectivity index (χ0n) is 17.0. The number of benzene rings is 2. The molecule has 0 amide bonds. The Morgan fingerprint density at radius 1 is 1.07 bits per heavy atom. The van der Waals surface area contributed by atoms with Crippen LogP contribution >= 0.6 is 0 Å². The van der Waals surface area contributed by atoms with E-state index in [1.165, 1.54) is 0 Å². The monoisotopic (exact) mass is 396 g/mol. The number of anilines is 2. The predicted octanol–water partition coefficient (Wildman–Crippen LogP) is 3.50. The Kier molecular flexibility index (Phi) is 4.10. The molecule has 1 aliphatic rings. The van der Waals surface area contributed by atoms with Crippen LogP contribution in [0, 0.1) is 18.3 Å². The van der Waals surface area contributed by atoms with Crippen LogP contribution in [0.2, 0.25) is 0 Å². The van der Waals surface area contributed by atoms with E-state index in [1.54, 1.807) is 11.0 Å². The van der Waals surface area contributed by atoms with Crippen LogP contribution in [0.1, 0.15) is 30.1 Å². The van der Waals surface area contributed by atoms with Gasteiger partial charge in [-0.1, -0.05) is 13.0 Å². The van der Waals surface area contributed by atoms with Crippen LogP contribution in [0.3, 0.4) is 0 Å². The summed E-state index contributed by atoms with van der Waals surface area (Å²) in [4.78, 5) is 3.83. The normalized spacial score (nSPS) is 15.3. The van der Waals surface area contributed by atoms with Crippen LogP contribution in [0.15, 0.2) is 48.7 Å². The third-order valence-corrected chi connectivity index (χ3v) is 5.46. The van der Waals surface area contributed by atoms with Crippen molar-refractivity contribution in [3.05, 3.63) is 65.9 Å². The molecule has 0 aliphatic carbocycles. The molecule has 30 heavy (non-hydrogen) atoms. The lowest BCUT2D eigenvalue weighted by molar-refractivity contribution is 0.655. The Balaban J connectivity index is 1.73. The average Bonchev–Trinajstić information content (AvgIpc) is 3.34. The molecule has 3 heterocycles. The molecule has 0 unspecified atom stereocenters. The number of aryl methyl sites for hydroxylation is 2. The molecule has 0 radical (unpaired) electrons. The van der Waals surface area contributed by atoms with Crippen LogP contribution in [-0.2, 0) is 7.05 Å². The van der Waals surface area contributed by atoms with Crippen molar-refractivity contribution in [2.75, 3.05) is 11.4 Å². The Bertz CT molecular complexity index is 1280. The lowest BCUT2D eigenvalue weighted by atomic mass is 10.1. The van der Waals surface area contributed by atoms with Crippen LogP contribution in [0.4, 0.5) is 11.4 Å². The molecular weight excluding hydrogens is 376 g/mol. The van der Waals surface area contributed by atoms with Gasteiger partial charge in [0.2, 0.25) is 0 Å². The number of nitrogens with zero attached hydrogens (tertiary/aromatic N) is 8. The van der Waals surface area contributed by atoms with E-state index in [9.17, 15) is 5.26 Å². The molecule has 0 N–H and O–H groups in total. The van der Waals surface area contributed by atoms with Crippen LogP contribution in [-0.4, -0.2) is 36.3 Å². The zero-order valence-corrected chi connectivity index (χ0v) is 17.0. The number of fused-ring (bicyclic) bond motifs is 3. The van der Waals surface area contributed by atoms with Crippen molar-refractivity contribution < 1.29 is 0 Å². The van der Waals surface area contributed by atoms with Crippen LogP contribution in [0.25, 0.3) is 16.9 Å². The SMILES string of the molecule is Cc1nnc2n1-c1ccc(-c3cnn(C)n3)cc1N(c1ccc(C#N)cc1)C[C@@H]2C. The van der Waals surface area contributed by atoms with E-state index in [0.29, 0.717) is 5.56 Å². The average molecular weight is 396 g/mol. The smallest absolute Gasteiger partial charge is 0.142 e. The molecule has 5 rings (SSSR count). The highest BCUT2D eigenvalue weighted by molar-refractivity contribution is 5.78. The van der Waals surface area contributed by atoms with Crippen LogP contribution in [0.5, 0.6) is 0 Å². The van der Waals surface area contributed by atoms with Crippen molar-refractivity contribution in [2.24, 2.45) is 7.05 Å². The van der Waals surface area contributed by atoms with Crippen molar-refractivity contribution in [3.8, 4) is 23.0 Å². The van der Waals surface area contributed by atoms with Gasteiger partial charge in [0, 0.05) is 30.8 Å². The fourth-order valence-corrected chi connectivity index (χ4v) is 3.98. The lowest BCUT2D eigenvalue weighted by Crippen LogP contribution is -2.22. The quantitative estimate of drug-likeness (QED) is 0.515. The molecule has 8 heteroatoms. The summed E-state index contributed by atoms with van der Waals surface area (Å²) in [6, 6.07) is 16.2. The first-order chi connectivity index (χ1) is 14.5. The summed E-state index contributed by atoms with van der Waals surface area (Å²) in [7, 11) is 1.81. The lowest BCUT2D eigenvalue weighted by Gasteiger charge is -2.27. The highest BCUT2D eigenvalue weighted by Gasteiger charge is 2.28. The molecule has 1 atom stereocenters. The first-order valence-corrected chi connectivity index (χ1v) is 9.76. The van der Waals surface area contributed by atoms with E-state index in [2.05, 4.69) is 61.1 Å². The van der Waals surface area contributed by atoms with Gasteiger partial charge in [-0.2, -0.15) is 20.3 Å². The van der Waals surface area contributed by atoms with E-state index >= 15 is 0 Å². The maximum absolute atomic E-state index is 9.17. The maximum atomic E-state index is 9.17. The highest BCUT2D eigenvalue weighted by Crippen LogP contribution is 2.40. The van der Waals surface area contributed by atoms with Gasteiger partial charge in [-0.05, 0) is 43.3 Å². The number of rotatable bonds is 2. The summed E-state index contributed by atoms with van der Waals surface area (Å²) in [5, 5.41) is 26.6. The van der Waals surface area contributed by atoms with E-state index in [0.717, 1.165) is 46.5 Å². The Labute approximate surface area is 174 Å². The molecule has 8 nitrogen and oxygen atoms in total. The third kappa shape index (κ3) is 2.83. The van der Waals surface area contributed by atoms with Crippen molar-refractivity contribution >= 4 is 11.4 Å². The number of nitriles is 1. The van der Waals surface area contributed by atoms with Gasteiger partial charge in [0.05, 0.1) is 29.2 Å². The Morgan fingerprint density at radius 2 is 1.87 bits per heavy atom. The van der Waals surface area contributed by atoms with Gasteiger partial charge in [-0.25, -0.2) is 0 Å². The minimum atomic E-state index is 0.161. The summed E-state index contributed by atoms with van der Waals surface area (Å²) in [5.41, 5.74) is 5.53. The van der Waals surface area contributed by atoms with E-state index < -0.39 is 0 Å². The van der Waals surface area contributed by atoms with Gasteiger partial charge < -0.3 is 4.90 Å². The molecule has 1 aliphatic heterocycles. The molecule has 0 saturated heterocycles. The van der Waals surface area contributed by atoms with Gasteiger partial charge in [-0.3, -0.25) is 4.57 Å². The summed E-state index contributed by atoms with van der Waals surface area (Å²) in [5.74, 6) is 1.96. The second-order valence-electron chi connectivity index (χ2n) is 7.53. The molecule has 0 spiro atoms. The van der Waals surface area contributed by atoms with Gasteiger partial charge >= 0.3 is 0 Å². The molecule has 0 fully saturated rings. The topological polar surface area (TPSA) is 88.4 Å². The highest BCUT2D eigenvalue weighted by atomic mass is 15.4. The molecule has 0 bridgehead atoms. The van der Waals surface area contributed by atoms with E-state index in [-0.39, 0.29) is 5.92 Å². The minimum Gasteiger partial charge on any atom is -0.339 e. The van der Waals surface area contributed by atoms with Crippen LogP contribution < -0.4 is 4.90 Å². The molecule has 148 valence electrons. The first-order valence-electron chi connectivity index (χ1n) is 9.76. The van der Waals surface area contributed by atoms with E-state index in [1.807, 2.05) is 38.2 Å². The largest absolute Gasteiger partial charge is 0.339 e. The van der Waals surface area contributed by atoms with Crippen molar-refractivity contribution in [1.29, 1.82) is 5.26 Å². The molecule has 4 aromatic rings. The summed E-state index contributed by atoms with van der Waals surface area (Å²) in [6.45, 7) is 4.87. The third-order valence-electron chi connectivity index (χ3n) is 5.46. The van der Waals surface area contributed by atoms with Crippen molar-refractivity contribution in [2.45, 2.75) is 19.8 Å². The van der Waals surface area contributed by atoms with E-state index in [4.69, 9.17) is 0 Å². The first kappa shape index (κ1) is 18.1. The molecule has 2 aromatic carbocycles. The zero-order chi connectivity index (χ0) is 20.8. The predicted molar refractivity (Wildman–Crippen MR) is 113 cm³/mol. The second kappa shape index (κ2) is 6.81. The Hall–Kier alpha value is -3.99. The summed E-state index contributed by atoms with van der Waals surface area (Å²) >= 11 is 0. The summed E-state index contributed by atoms with van der Waals surface area (Å²) in [6.07, 6.45) is 1.77. The second-order valence-corrected chi connectivity index (χ2v) is 7.53.